The number of benzene rings is 1. The summed E-state index contributed by atoms with van der Waals surface area (Å²) in [4.78, 5) is 20.4. The van der Waals surface area contributed by atoms with Crippen molar-refractivity contribution in [3.8, 4) is 16.4 Å². The Morgan fingerprint density at radius 1 is 0.970 bits per heavy atom. The van der Waals surface area contributed by atoms with Crippen LogP contribution < -0.4 is 10.2 Å². The molecule has 8 heteroatoms. The fourth-order valence-electron chi connectivity index (χ4n) is 4.06. The highest BCUT2D eigenvalue weighted by atomic mass is 32.1. The van der Waals surface area contributed by atoms with Gasteiger partial charge in [-0.15, -0.1) is 10.2 Å². The maximum absolute atomic E-state index is 12.9. The molecule has 1 saturated heterocycles. The summed E-state index contributed by atoms with van der Waals surface area (Å²) in [6.45, 7) is 3.94. The maximum Gasteiger partial charge on any atom is 0.267 e. The summed E-state index contributed by atoms with van der Waals surface area (Å²) >= 11 is 1.37. The number of amides is 1. The van der Waals surface area contributed by atoms with Crippen LogP contribution in [0.15, 0.2) is 60.9 Å². The molecule has 4 heterocycles. The van der Waals surface area contributed by atoms with Gasteiger partial charge in [0.05, 0.1) is 11.4 Å². The first-order valence-corrected chi connectivity index (χ1v) is 12.1. The summed E-state index contributed by atoms with van der Waals surface area (Å²) in [5.74, 6) is 0.771. The molecule has 0 atom stereocenters. The summed E-state index contributed by atoms with van der Waals surface area (Å²) in [6.07, 6.45) is 8.82. The second-order valence-corrected chi connectivity index (χ2v) is 9.19. The average molecular weight is 459 g/mol. The number of hydrogen-bond acceptors (Lipinski definition) is 6. The number of aryl methyl sites for hydroxylation is 1. The van der Waals surface area contributed by atoms with E-state index < -0.39 is 0 Å². The molecule has 33 heavy (non-hydrogen) atoms. The lowest BCUT2D eigenvalue weighted by Gasteiger charge is -2.20. The first-order valence-electron chi connectivity index (χ1n) is 11.3. The quantitative estimate of drug-likeness (QED) is 0.437. The van der Waals surface area contributed by atoms with Gasteiger partial charge in [-0.2, -0.15) is 0 Å². The van der Waals surface area contributed by atoms with E-state index in [1.807, 2.05) is 72.4 Å². The summed E-state index contributed by atoms with van der Waals surface area (Å²) < 4.78 is 1.91. The van der Waals surface area contributed by atoms with Crippen molar-refractivity contribution in [1.29, 1.82) is 0 Å². The maximum atomic E-state index is 12.9. The molecule has 1 amide bonds. The van der Waals surface area contributed by atoms with Gasteiger partial charge < -0.3 is 14.8 Å². The van der Waals surface area contributed by atoms with Crippen molar-refractivity contribution in [2.75, 3.05) is 23.3 Å². The van der Waals surface area contributed by atoms with Gasteiger partial charge in [-0.1, -0.05) is 36.3 Å². The van der Waals surface area contributed by atoms with Crippen LogP contribution in [0.3, 0.4) is 0 Å². The van der Waals surface area contributed by atoms with E-state index in [9.17, 15) is 4.79 Å². The second-order valence-electron chi connectivity index (χ2n) is 8.21. The summed E-state index contributed by atoms with van der Waals surface area (Å²) in [7, 11) is 0. The number of carbonyl (C=O) groups excluding carboxylic acids is 1. The molecule has 0 aliphatic carbocycles. The van der Waals surface area contributed by atoms with Crippen molar-refractivity contribution in [2.24, 2.45) is 0 Å². The Bertz CT molecular complexity index is 1220. The molecule has 0 radical (unpaired) electrons. The third-order valence-electron chi connectivity index (χ3n) is 5.81. The van der Waals surface area contributed by atoms with Gasteiger partial charge in [0.15, 0.2) is 10.9 Å². The van der Waals surface area contributed by atoms with E-state index in [2.05, 4.69) is 25.4 Å². The Morgan fingerprint density at radius 2 is 1.76 bits per heavy atom. The molecule has 3 aromatic heterocycles. The fourth-order valence-corrected chi connectivity index (χ4v) is 4.99. The van der Waals surface area contributed by atoms with Gasteiger partial charge in [-0.05, 0) is 56.2 Å². The summed E-state index contributed by atoms with van der Waals surface area (Å²) in [6, 6.07) is 15.6. The van der Waals surface area contributed by atoms with Gasteiger partial charge in [0.25, 0.3) is 5.91 Å². The number of nitrogens with zero attached hydrogens (tertiary/aromatic N) is 5. The minimum atomic E-state index is -0.164. The van der Waals surface area contributed by atoms with E-state index in [1.54, 1.807) is 0 Å². The Kier molecular flexibility index (Phi) is 6.17. The molecule has 0 bridgehead atoms. The predicted molar refractivity (Wildman–Crippen MR) is 132 cm³/mol. The molecular weight excluding hydrogens is 432 g/mol. The minimum absolute atomic E-state index is 0.164. The van der Waals surface area contributed by atoms with Crippen LogP contribution in [-0.2, 0) is 0 Å². The van der Waals surface area contributed by atoms with Crippen LogP contribution in [0.1, 0.15) is 41.0 Å². The van der Waals surface area contributed by atoms with E-state index in [0.29, 0.717) is 16.3 Å². The topological polar surface area (TPSA) is 75.9 Å². The Morgan fingerprint density at radius 3 is 2.48 bits per heavy atom. The van der Waals surface area contributed by atoms with Crippen molar-refractivity contribution in [3.63, 3.8) is 0 Å². The molecule has 5 rings (SSSR count). The molecule has 0 spiro atoms. The zero-order valence-electron chi connectivity index (χ0n) is 18.6. The van der Waals surface area contributed by atoms with Gasteiger partial charge in [-0.3, -0.25) is 4.79 Å². The van der Waals surface area contributed by atoms with E-state index in [1.165, 1.54) is 37.0 Å². The van der Waals surface area contributed by atoms with Gasteiger partial charge in [0.1, 0.15) is 4.88 Å². The normalized spacial score (nSPS) is 14.2. The molecule has 1 aromatic carbocycles. The van der Waals surface area contributed by atoms with E-state index in [0.717, 1.165) is 35.3 Å². The SMILES string of the molecule is Cc1nc(-n2cccc2)sc1C(=O)Nc1cccc(-c2ccc(N3CCCCCC3)nn2)c1. The number of aromatic nitrogens is 4. The van der Waals surface area contributed by atoms with Crippen LogP contribution >= 0.6 is 11.3 Å². The third kappa shape index (κ3) is 4.80. The number of anilines is 2. The molecule has 7 nitrogen and oxygen atoms in total. The van der Waals surface area contributed by atoms with Crippen LogP contribution in [0.4, 0.5) is 11.5 Å². The predicted octanol–water partition coefficient (Wildman–Crippen LogP) is 5.33. The molecule has 4 aromatic rings. The van der Waals surface area contributed by atoms with Crippen LogP contribution in [0, 0.1) is 6.92 Å². The first kappa shape index (κ1) is 21.3. The zero-order chi connectivity index (χ0) is 22.6. The van der Waals surface area contributed by atoms with E-state index in [-0.39, 0.29) is 5.91 Å². The Labute approximate surface area is 197 Å². The number of thiazole rings is 1. The molecule has 0 saturated carbocycles. The smallest absolute Gasteiger partial charge is 0.267 e. The van der Waals surface area contributed by atoms with Crippen molar-refractivity contribution in [3.05, 3.63) is 71.5 Å². The van der Waals surface area contributed by atoms with E-state index in [4.69, 9.17) is 0 Å². The van der Waals surface area contributed by atoms with Crippen LogP contribution in [0.2, 0.25) is 0 Å². The van der Waals surface area contributed by atoms with Gasteiger partial charge >= 0.3 is 0 Å². The third-order valence-corrected chi connectivity index (χ3v) is 6.98. The number of hydrogen-bond donors (Lipinski definition) is 1. The van der Waals surface area contributed by atoms with Crippen LogP contribution in [-0.4, -0.2) is 38.7 Å². The lowest BCUT2D eigenvalue weighted by Crippen LogP contribution is -2.25. The number of carbonyl (C=O) groups is 1. The Balaban J connectivity index is 1.31. The molecular formula is C25H26N6OS. The highest BCUT2D eigenvalue weighted by Crippen LogP contribution is 2.26. The molecule has 168 valence electrons. The molecule has 0 unspecified atom stereocenters. The van der Waals surface area contributed by atoms with Crippen LogP contribution in [0.25, 0.3) is 16.4 Å². The van der Waals surface area contributed by atoms with Crippen molar-refractivity contribution in [2.45, 2.75) is 32.6 Å². The average Bonchev–Trinajstić information content (AvgIpc) is 3.42. The lowest BCUT2D eigenvalue weighted by molar-refractivity contribution is 0.103. The fraction of sp³-hybridized carbons (Fsp3) is 0.280. The molecule has 1 N–H and O–H groups in total. The van der Waals surface area contributed by atoms with Crippen molar-refractivity contribution in [1.82, 2.24) is 19.7 Å². The molecule has 1 aliphatic rings. The summed E-state index contributed by atoms with van der Waals surface area (Å²) in [5.41, 5.74) is 3.13. The van der Waals surface area contributed by atoms with E-state index >= 15 is 0 Å². The van der Waals surface area contributed by atoms with Crippen LogP contribution in [0.5, 0.6) is 0 Å². The van der Waals surface area contributed by atoms with Crippen molar-refractivity contribution >= 4 is 28.7 Å². The zero-order valence-corrected chi connectivity index (χ0v) is 19.4. The number of rotatable bonds is 5. The Hall–Kier alpha value is -3.52. The number of nitrogens with one attached hydrogen (secondary N) is 1. The highest BCUT2D eigenvalue weighted by molar-refractivity contribution is 7.16. The largest absolute Gasteiger partial charge is 0.355 e. The molecule has 1 aliphatic heterocycles. The molecule has 1 fully saturated rings. The first-order chi connectivity index (χ1) is 16.2. The minimum Gasteiger partial charge on any atom is -0.355 e. The van der Waals surface area contributed by atoms with Gasteiger partial charge in [0, 0.05) is 36.7 Å². The van der Waals surface area contributed by atoms with Gasteiger partial charge in [0.2, 0.25) is 0 Å². The second kappa shape index (κ2) is 9.54. The summed E-state index contributed by atoms with van der Waals surface area (Å²) in [5, 5.41) is 12.7. The monoisotopic (exact) mass is 458 g/mol. The standard InChI is InChI=1S/C25H26N6OS/c1-18-23(33-25(26-18)31-15-6-7-16-31)24(32)27-20-10-8-9-19(17-20)21-11-12-22(29-28-21)30-13-4-2-3-5-14-30/h6-12,15-17H,2-5,13-14H2,1H3,(H,27,32). The highest BCUT2D eigenvalue weighted by Gasteiger charge is 2.17. The lowest BCUT2D eigenvalue weighted by atomic mass is 10.1. The van der Waals surface area contributed by atoms with Gasteiger partial charge in [-0.25, -0.2) is 4.98 Å². The van der Waals surface area contributed by atoms with Crippen molar-refractivity contribution < 1.29 is 4.79 Å².